The molecule has 0 radical (unpaired) electrons. The molecule has 3 N–H and O–H groups in total. The average Bonchev–Trinajstić information content (AvgIpc) is 4.16. The standard InChI is InChI=1S/C49H54N8O5/c1-31(2)43(54-49(60)61-3)47(58)56-21-7-11-41(56)45-50-29-39(52-45)33-15-13-32(14-16-33)35-17-18-37-28-38(20-19-36(37)27-35)40-30-51-46(53-40)42-12-8-22-57(42)48(59)44(34-9-5-4-6-10-34)55-23-25-62-26-24-55/h4-6,9-10,13-20,27-31,41-44H,7-8,11-12,21-26H2,1-3H3,(H,50,52)(H,51,53)(H,54,60)/t41-,42-,43-,44?/m0/s1. The van der Waals surface area contributed by atoms with Crippen molar-refractivity contribution in [3.63, 3.8) is 0 Å². The van der Waals surface area contributed by atoms with Crippen molar-refractivity contribution < 1.29 is 23.9 Å². The Hall–Kier alpha value is -6.31. The predicted octanol–water partition coefficient (Wildman–Crippen LogP) is 8.07. The van der Waals surface area contributed by atoms with Crippen molar-refractivity contribution in [1.29, 1.82) is 0 Å². The maximum atomic E-state index is 14.4. The first-order valence-corrected chi connectivity index (χ1v) is 21.8. The van der Waals surface area contributed by atoms with Gasteiger partial charge < -0.3 is 34.6 Å². The van der Waals surface area contributed by atoms with Gasteiger partial charge in [0.2, 0.25) is 11.8 Å². The van der Waals surface area contributed by atoms with Crippen LogP contribution in [0.3, 0.4) is 0 Å². The van der Waals surface area contributed by atoms with E-state index in [9.17, 15) is 14.4 Å². The van der Waals surface area contributed by atoms with E-state index in [4.69, 9.17) is 19.4 Å². The Balaban J connectivity index is 0.874. The monoisotopic (exact) mass is 834 g/mol. The fourth-order valence-corrected chi connectivity index (χ4v) is 9.39. The van der Waals surface area contributed by atoms with E-state index in [0.717, 1.165) is 100 Å². The first-order chi connectivity index (χ1) is 30.2. The molecule has 5 heterocycles. The number of hydrogen-bond acceptors (Lipinski definition) is 8. The smallest absolute Gasteiger partial charge is 0.407 e. The number of hydrogen-bond donors (Lipinski definition) is 3. The molecule has 62 heavy (non-hydrogen) atoms. The quantitative estimate of drug-likeness (QED) is 0.119. The number of aromatic amines is 2. The van der Waals surface area contributed by atoms with Crippen LogP contribution in [-0.2, 0) is 19.1 Å². The third kappa shape index (κ3) is 8.34. The number of methoxy groups -OCH3 is 1. The zero-order valence-corrected chi connectivity index (χ0v) is 35.6. The van der Waals surface area contributed by atoms with E-state index in [1.54, 1.807) is 0 Å². The van der Waals surface area contributed by atoms with Crippen LogP contribution >= 0.6 is 0 Å². The molecule has 0 saturated carbocycles. The molecule has 9 rings (SSSR count). The summed E-state index contributed by atoms with van der Waals surface area (Å²) in [5.74, 6) is 1.46. The van der Waals surface area contributed by atoms with Gasteiger partial charge in [0.15, 0.2) is 0 Å². The molecule has 1 unspecified atom stereocenters. The summed E-state index contributed by atoms with van der Waals surface area (Å²) >= 11 is 0. The number of ether oxygens (including phenoxy) is 2. The summed E-state index contributed by atoms with van der Waals surface area (Å²) in [5, 5.41) is 4.97. The molecule has 3 saturated heterocycles. The number of rotatable bonds is 11. The number of fused-ring (bicyclic) bond motifs is 1. The summed E-state index contributed by atoms with van der Waals surface area (Å²) in [6.07, 6.45) is 6.55. The van der Waals surface area contributed by atoms with E-state index in [0.29, 0.717) is 26.3 Å². The maximum Gasteiger partial charge on any atom is 0.407 e. The molecule has 4 atom stereocenters. The topological polar surface area (TPSA) is 149 Å². The number of aromatic nitrogens is 4. The van der Waals surface area contributed by atoms with Crippen molar-refractivity contribution in [2.75, 3.05) is 46.5 Å². The third-order valence-electron chi connectivity index (χ3n) is 12.7. The maximum absolute atomic E-state index is 14.4. The predicted molar refractivity (Wildman–Crippen MR) is 238 cm³/mol. The molecule has 4 aromatic carbocycles. The Morgan fingerprint density at radius 1 is 0.694 bits per heavy atom. The van der Waals surface area contributed by atoms with Gasteiger partial charge in [0.05, 0.1) is 56.2 Å². The normalized spacial score (nSPS) is 19.2. The second-order valence-corrected chi connectivity index (χ2v) is 16.9. The number of carbonyl (C=O) groups is 3. The zero-order valence-electron chi connectivity index (χ0n) is 35.6. The molecule has 3 aliphatic rings. The number of likely N-dealkylation sites (tertiary alicyclic amines) is 2. The molecule has 13 nitrogen and oxygen atoms in total. The van der Waals surface area contributed by atoms with Gasteiger partial charge in [-0.1, -0.05) is 92.7 Å². The molecule has 2 aromatic heterocycles. The van der Waals surface area contributed by atoms with Crippen LogP contribution in [0, 0.1) is 5.92 Å². The van der Waals surface area contributed by atoms with Crippen LogP contribution in [0.1, 0.15) is 74.9 Å². The Labute approximate surface area is 361 Å². The second-order valence-electron chi connectivity index (χ2n) is 16.9. The number of carbonyl (C=O) groups excluding carboxylic acids is 3. The van der Waals surface area contributed by atoms with Crippen LogP contribution in [0.5, 0.6) is 0 Å². The van der Waals surface area contributed by atoms with Gasteiger partial charge in [0.1, 0.15) is 23.7 Å². The van der Waals surface area contributed by atoms with Gasteiger partial charge in [-0.3, -0.25) is 14.5 Å². The van der Waals surface area contributed by atoms with Crippen molar-refractivity contribution in [2.24, 2.45) is 5.92 Å². The molecule has 3 fully saturated rings. The fraction of sp³-hybridized carbons (Fsp3) is 0.367. The van der Waals surface area contributed by atoms with Crippen LogP contribution < -0.4 is 5.32 Å². The number of alkyl carbamates (subject to hydrolysis) is 1. The molecular formula is C49H54N8O5. The lowest BCUT2D eigenvalue weighted by Crippen LogP contribution is -2.51. The van der Waals surface area contributed by atoms with Crippen LogP contribution in [0.25, 0.3) is 44.4 Å². The van der Waals surface area contributed by atoms with E-state index in [-0.39, 0.29) is 35.9 Å². The first-order valence-electron chi connectivity index (χ1n) is 21.8. The van der Waals surface area contributed by atoms with Crippen molar-refractivity contribution >= 4 is 28.7 Å². The van der Waals surface area contributed by atoms with E-state index in [2.05, 4.69) is 93.0 Å². The van der Waals surface area contributed by atoms with Gasteiger partial charge in [0, 0.05) is 31.7 Å². The van der Waals surface area contributed by atoms with Crippen LogP contribution in [-0.4, -0.2) is 105 Å². The van der Waals surface area contributed by atoms with Gasteiger partial charge in [-0.05, 0) is 76.8 Å². The summed E-state index contributed by atoms with van der Waals surface area (Å²) in [6, 6.07) is 30.2. The summed E-state index contributed by atoms with van der Waals surface area (Å²) in [5.41, 5.74) is 7.08. The van der Waals surface area contributed by atoms with Crippen molar-refractivity contribution in [3.8, 4) is 33.6 Å². The Bertz CT molecular complexity index is 2530. The molecule has 13 heteroatoms. The van der Waals surface area contributed by atoms with Crippen LogP contribution in [0.4, 0.5) is 4.79 Å². The molecule has 6 aromatic rings. The number of H-pyrrole nitrogens is 2. The van der Waals surface area contributed by atoms with Gasteiger partial charge in [0.25, 0.3) is 0 Å². The SMILES string of the molecule is COC(=O)N[C@H](C(=O)N1CCC[C@H]1c1ncc(-c2ccc(-c3ccc4cc(-c5cnc([C@@H]6CCCN6C(=O)C(c6ccccc6)N6CCOCC6)[nH]5)ccc4c3)cc2)[nH]1)C(C)C. The number of benzene rings is 4. The van der Waals surface area contributed by atoms with Gasteiger partial charge in [-0.2, -0.15) is 0 Å². The summed E-state index contributed by atoms with van der Waals surface area (Å²) in [4.78, 5) is 62.7. The minimum absolute atomic E-state index is 0.0985. The van der Waals surface area contributed by atoms with Crippen LogP contribution in [0.15, 0.2) is 103 Å². The highest BCUT2D eigenvalue weighted by Gasteiger charge is 2.40. The molecule has 0 aliphatic carbocycles. The van der Waals surface area contributed by atoms with E-state index < -0.39 is 12.1 Å². The van der Waals surface area contributed by atoms with Crippen molar-refractivity contribution in [2.45, 2.75) is 63.7 Å². The summed E-state index contributed by atoms with van der Waals surface area (Å²) in [7, 11) is 1.30. The number of imidazole rings is 2. The zero-order chi connectivity index (χ0) is 42.7. The summed E-state index contributed by atoms with van der Waals surface area (Å²) in [6.45, 7) is 7.84. The third-order valence-corrected chi connectivity index (χ3v) is 12.7. The highest BCUT2D eigenvalue weighted by Crippen LogP contribution is 2.37. The molecule has 320 valence electrons. The molecule has 3 amide bonds. The largest absolute Gasteiger partial charge is 0.453 e. The lowest BCUT2D eigenvalue weighted by molar-refractivity contribution is -0.140. The molecule has 0 bridgehead atoms. The van der Waals surface area contributed by atoms with E-state index in [1.807, 2.05) is 54.2 Å². The molecule has 0 spiro atoms. The lowest BCUT2D eigenvalue weighted by atomic mass is 9.98. The Morgan fingerprint density at radius 3 is 1.85 bits per heavy atom. The Morgan fingerprint density at radius 2 is 1.24 bits per heavy atom. The lowest BCUT2D eigenvalue weighted by Gasteiger charge is -2.37. The highest BCUT2D eigenvalue weighted by molar-refractivity contribution is 5.91. The van der Waals surface area contributed by atoms with Crippen molar-refractivity contribution in [3.05, 3.63) is 121 Å². The van der Waals surface area contributed by atoms with Gasteiger partial charge in [-0.15, -0.1) is 0 Å². The summed E-state index contributed by atoms with van der Waals surface area (Å²) < 4.78 is 10.4. The van der Waals surface area contributed by atoms with E-state index in [1.165, 1.54) is 7.11 Å². The fourth-order valence-electron chi connectivity index (χ4n) is 9.39. The molecule has 3 aliphatic heterocycles. The minimum Gasteiger partial charge on any atom is -0.453 e. The minimum atomic E-state index is -0.681. The van der Waals surface area contributed by atoms with Crippen LogP contribution in [0.2, 0.25) is 0 Å². The van der Waals surface area contributed by atoms with Crippen molar-refractivity contribution in [1.82, 2.24) is 40.0 Å². The van der Waals surface area contributed by atoms with E-state index >= 15 is 0 Å². The van der Waals surface area contributed by atoms with Gasteiger partial charge in [-0.25, -0.2) is 14.8 Å². The van der Waals surface area contributed by atoms with Gasteiger partial charge >= 0.3 is 6.09 Å². The number of nitrogens with zero attached hydrogens (tertiary/aromatic N) is 5. The molecular weight excluding hydrogens is 781 g/mol. The Kier molecular flexibility index (Phi) is 11.9. The number of amides is 3. The number of morpholine rings is 1. The second kappa shape index (κ2) is 18.0. The highest BCUT2D eigenvalue weighted by atomic mass is 16.5. The average molecular weight is 835 g/mol. The first kappa shape index (κ1) is 41.1. The number of nitrogens with one attached hydrogen (secondary N) is 3.